The summed E-state index contributed by atoms with van der Waals surface area (Å²) < 4.78 is 24.1. The minimum Gasteiger partial charge on any atom is -0.356 e. The lowest BCUT2D eigenvalue weighted by Gasteiger charge is -2.35. The third-order valence-corrected chi connectivity index (χ3v) is 5.75. The van der Waals surface area contributed by atoms with Crippen molar-refractivity contribution in [3.8, 4) is 0 Å². The van der Waals surface area contributed by atoms with Gasteiger partial charge < -0.3 is 10.2 Å². The van der Waals surface area contributed by atoms with Gasteiger partial charge in [-0.25, -0.2) is 8.42 Å². The van der Waals surface area contributed by atoms with Crippen molar-refractivity contribution in [2.45, 2.75) is 12.5 Å². The molecule has 0 aliphatic carbocycles. The van der Waals surface area contributed by atoms with Crippen LogP contribution in [0.4, 0.5) is 11.4 Å². The first kappa shape index (κ1) is 12.9. The summed E-state index contributed by atoms with van der Waals surface area (Å²) in [5.41, 5.74) is 1.62. The number of nitrogens with zero attached hydrogens (tertiary/aromatic N) is 1. The molecular formula is C12H13BrN2O3S. The van der Waals surface area contributed by atoms with Crippen molar-refractivity contribution < 1.29 is 13.2 Å². The molecule has 0 bridgehead atoms. The number of hydrogen-bond acceptors (Lipinski definition) is 4. The van der Waals surface area contributed by atoms with Gasteiger partial charge in [-0.2, -0.15) is 0 Å². The minimum absolute atomic E-state index is 0.101. The van der Waals surface area contributed by atoms with E-state index in [1.807, 2.05) is 23.1 Å². The lowest BCUT2D eigenvalue weighted by Crippen LogP contribution is -2.45. The molecule has 1 aromatic rings. The quantitative estimate of drug-likeness (QED) is 0.836. The zero-order chi connectivity index (χ0) is 13.6. The van der Waals surface area contributed by atoms with Gasteiger partial charge in [0, 0.05) is 10.5 Å². The SMILES string of the molecule is O=C1CN(C2CCS(=O)(=O)C2)c2ccc(Br)cc2N1. The van der Waals surface area contributed by atoms with Gasteiger partial charge in [0.25, 0.3) is 0 Å². The molecule has 1 amide bonds. The molecule has 1 N–H and O–H groups in total. The molecule has 1 atom stereocenters. The molecule has 2 aliphatic heterocycles. The summed E-state index contributed by atoms with van der Waals surface area (Å²) in [6.45, 7) is 0.217. The third-order valence-electron chi connectivity index (χ3n) is 3.51. The van der Waals surface area contributed by atoms with Crippen molar-refractivity contribution in [3.63, 3.8) is 0 Å². The molecule has 1 saturated heterocycles. The summed E-state index contributed by atoms with van der Waals surface area (Å²) in [6.07, 6.45) is 0.588. The molecule has 7 heteroatoms. The van der Waals surface area contributed by atoms with Gasteiger partial charge in [-0.3, -0.25) is 4.79 Å². The summed E-state index contributed by atoms with van der Waals surface area (Å²) in [7, 11) is -2.96. The molecule has 1 unspecified atom stereocenters. The Morgan fingerprint density at radius 1 is 1.37 bits per heavy atom. The van der Waals surface area contributed by atoms with Crippen LogP contribution in [0.1, 0.15) is 6.42 Å². The lowest BCUT2D eigenvalue weighted by atomic mass is 10.1. The number of fused-ring (bicyclic) bond motifs is 1. The predicted molar refractivity (Wildman–Crippen MR) is 77.2 cm³/mol. The highest BCUT2D eigenvalue weighted by Gasteiger charge is 2.35. The Morgan fingerprint density at radius 3 is 2.84 bits per heavy atom. The van der Waals surface area contributed by atoms with Crippen LogP contribution >= 0.6 is 15.9 Å². The number of carbonyl (C=O) groups is 1. The number of halogens is 1. The van der Waals surface area contributed by atoms with Gasteiger partial charge in [0.05, 0.1) is 29.4 Å². The summed E-state index contributed by atoms with van der Waals surface area (Å²) in [6, 6.07) is 5.54. The highest BCUT2D eigenvalue weighted by Crippen LogP contribution is 2.35. The normalized spacial score (nSPS) is 25.0. The number of rotatable bonds is 1. The highest BCUT2D eigenvalue weighted by atomic mass is 79.9. The molecular weight excluding hydrogens is 332 g/mol. The first-order chi connectivity index (χ1) is 8.94. The monoisotopic (exact) mass is 344 g/mol. The average molecular weight is 345 g/mol. The van der Waals surface area contributed by atoms with Gasteiger partial charge in [0.15, 0.2) is 9.84 Å². The van der Waals surface area contributed by atoms with Crippen LogP contribution in [-0.2, 0) is 14.6 Å². The predicted octanol–water partition coefficient (Wildman–Crippen LogP) is 1.39. The van der Waals surface area contributed by atoms with Crippen LogP contribution in [0.2, 0.25) is 0 Å². The van der Waals surface area contributed by atoms with Gasteiger partial charge in [-0.1, -0.05) is 15.9 Å². The third kappa shape index (κ3) is 2.49. The Balaban J connectivity index is 1.98. The second kappa shape index (κ2) is 4.49. The van der Waals surface area contributed by atoms with E-state index in [0.717, 1.165) is 15.8 Å². The number of benzene rings is 1. The lowest BCUT2D eigenvalue weighted by molar-refractivity contribution is -0.115. The number of anilines is 2. The van der Waals surface area contributed by atoms with Crippen LogP contribution in [-0.4, -0.2) is 38.4 Å². The summed E-state index contributed by atoms with van der Waals surface area (Å²) >= 11 is 3.37. The Morgan fingerprint density at radius 2 is 2.16 bits per heavy atom. The molecule has 1 fully saturated rings. The fourth-order valence-corrected chi connectivity index (χ4v) is 4.73. The number of amides is 1. The van der Waals surface area contributed by atoms with Crippen molar-refractivity contribution in [2.24, 2.45) is 0 Å². The van der Waals surface area contributed by atoms with Crippen molar-refractivity contribution in [2.75, 3.05) is 28.3 Å². The maximum absolute atomic E-state index is 11.7. The van der Waals surface area contributed by atoms with Crippen LogP contribution in [0, 0.1) is 0 Å². The van der Waals surface area contributed by atoms with Crippen molar-refractivity contribution in [1.29, 1.82) is 0 Å². The van der Waals surface area contributed by atoms with Crippen LogP contribution < -0.4 is 10.2 Å². The molecule has 0 saturated carbocycles. The maximum Gasteiger partial charge on any atom is 0.243 e. The van der Waals surface area contributed by atoms with Gasteiger partial charge in [0.2, 0.25) is 5.91 Å². The van der Waals surface area contributed by atoms with E-state index in [1.165, 1.54) is 0 Å². The fourth-order valence-electron chi connectivity index (χ4n) is 2.64. The number of hydrogen-bond donors (Lipinski definition) is 1. The first-order valence-electron chi connectivity index (χ1n) is 6.01. The number of nitrogens with one attached hydrogen (secondary N) is 1. The Bertz CT molecular complexity index is 644. The molecule has 2 aliphatic rings. The van der Waals surface area contributed by atoms with Crippen LogP contribution in [0.15, 0.2) is 22.7 Å². The van der Waals surface area contributed by atoms with E-state index in [-0.39, 0.29) is 30.0 Å². The average Bonchev–Trinajstić information content (AvgIpc) is 2.68. The number of sulfone groups is 1. The van der Waals surface area contributed by atoms with E-state index >= 15 is 0 Å². The van der Waals surface area contributed by atoms with Crippen molar-refractivity contribution in [1.82, 2.24) is 0 Å². The second-order valence-corrected chi connectivity index (χ2v) is 8.04. The molecule has 19 heavy (non-hydrogen) atoms. The summed E-state index contributed by atoms with van der Waals surface area (Å²) in [5.74, 6) is 0.243. The Hall–Kier alpha value is -1.08. The molecule has 2 heterocycles. The van der Waals surface area contributed by atoms with E-state index < -0.39 is 9.84 Å². The summed E-state index contributed by atoms with van der Waals surface area (Å²) in [4.78, 5) is 13.7. The molecule has 3 rings (SSSR count). The summed E-state index contributed by atoms with van der Waals surface area (Å²) in [5, 5.41) is 2.81. The van der Waals surface area contributed by atoms with Crippen molar-refractivity contribution in [3.05, 3.63) is 22.7 Å². The van der Waals surface area contributed by atoms with E-state index in [2.05, 4.69) is 21.2 Å². The first-order valence-corrected chi connectivity index (χ1v) is 8.62. The van der Waals surface area contributed by atoms with Gasteiger partial charge in [-0.05, 0) is 24.6 Å². The molecule has 0 aromatic heterocycles. The highest BCUT2D eigenvalue weighted by molar-refractivity contribution is 9.10. The van der Waals surface area contributed by atoms with Gasteiger partial charge >= 0.3 is 0 Å². The van der Waals surface area contributed by atoms with Crippen molar-refractivity contribution >= 4 is 43.0 Å². The zero-order valence-electron chi connectivity index (χ0n) is 10.1. The fraction of sp³-hybridized carbons (Fsp3) is 0.417. The van der Waals surface area contributed by atoms with Crippen LogP contribution in [0.5, 0.6) is 0 Å². The van der Waals surface area contributed by atoms with Gasteiger partial charge in [-0.15, -0.1) is 0 Å². The largest absolute Gasteiger partial charge is 0.356 e. The Labute approximate surface area is 120 Å². The van der Waals surface area contributed by atoms with Gasteiger partial charge in [0.1, 0.15) is 0 Å². The number of carbonyl (C=O) groups excluding carboxylic acids is 1. The minimum atomic E-state index is -2.96. The molecule has 1 aromatic carbocycles. The van der Waals surface area contributed by atoms with E-state index in [9.17, 15) is 13.2 Å². The van der Waals surface area contributed by atoms with E-state index in [0.29, 0.717) is 6.42 Å². The zero-order valence-corrected chi connectivity index (χ0v) is 12.5. The van der Waals surface area contributed by atoms with Crippen LogP contribution in [0.3, 0.4) is 0 Å². The maximum atomic E-state index is 11.7. The molecule has 102 valence electrons. The standard InChI is InChI=1S/C12H13BrN2O3S/c13-8-1-2-11-10(5-8)14-12(16)6-15(11)9-3-4-19(17,18)7-9/h1-2,5,9H,3-4,6-7H2,(H,14,16). The Kier molecular flexibility index (Phi) is 3.05. The molecule has 0 radical (unpaired) electrons. The van der Waals surface area contributed by atoms with E-state index in [1.54, 1.807) is 0 Å². The smallest absolute Gasteiger partial charge is 0.243 e. The topological polar surface area (TPSA) is 66.5 Å². The molecule has 0 spiro atoms. The van der Waals surface area contributed by atoms with Crippen LogP contribution in [0.25, 0.3) is 0 Å². The second-order valence-electron chi connectivity index (χ2n) is 4.89. The van der Waals surface area contributed by atoms with E-state index in [4.69, 9.17) is 0 Å². The molecule has 5 nitrogen and oxygen atoms in total.